The van der Waals surface area contributed by atoms with E-state index in [1.165, 1.54) is 12.1 Å². The highest BCUT2D eigenvalue weighted by Crippen LogP contribution is 2.32. The van der Waals surface area contributed by atoms with Crippen LogP contribution < -0.4 is 10.5 Å². The molecule has 1 atom stereocenters. The first-order chi connectivity index (χ1) is 18.0. The van der Waals surface area contributed by atoms with Gasteiger partial charge in [-0.1, -0.05) is 12.1 Å². The summed E-state index contributed by atoms with van der Waals surface area (Å²) in [5.74, 6) is 0.622. The molecule has 0 saturated carbocycles. The molecule has 0 radical (unpaired) electrons. The maximum absolute atomic E-state index is 13.6. The number of nitrogens with zero attached hydrogens (tertiary/aromatic N) is 7. The number of pyridine rings is 1. The topological polar surface area (TPSA) is 126 Å². The van der Waals surface area contributed by atoms with Crippen LogP contribution in [0.4, 0.5) is 11.4 Å². The lowest BCUT2D eigenvalue weighted by Crippen LogP contribution is -2.49. The minimum Gasteiger partial charge on any atom is -0.369 e. The SMILES string of the molecule is Cc1ccc(C)c2[nH]c(=O)c(C(c3nnnn3C(C)(C)C)N3CCN(c4ccc([N+](=O)[O-])cc4)CC3)cc12. The van der Waals surface area contributed by atoms with Crippen molar-refractivity contribution in [1.29, 1.82) is 0 Å². The number of rotatable bonds is 5. The molecule has 2 aromatic carbocycles. The van der Waals surface area contributed by atoms with E-state index in [4.69, 9.17) is 0 Å². The predicted octanol–water partition coefficient (Wildman–Crippen LogP) is 3.71. The number of hydrogen-bond donors (Lipinski definition) is 1. The number of nitro groups is 1. The molecule has 2 aromatic heterocycles. The first kappa shape index (κ1) is 25.5. The largest absolute Gasteiger partial charge is 0.369 e. The molecule has 198 valence electrons. The second kappa shape index (κ2) is 9.64. The molecule has 0 amide bonds. The lowest BCUT2D eigenvalue weighted by atomic mass is 9.98. The van der Waals surface area contributed by atoms with Gasteiger partial charge in [-0.2, -0.15) is 0 Å². The number of aromatic nitrogens is 5. The number of anilines is 1. The Bertz CT molecular complexity index is 1540. The van der Waals surface area contributed by atoms with Gasteiger partial charge >= 0.3 is 0 Å². The van der Waals surface area contributed by atoms with Gasteiger partial charge < -0.3 is 9.88 Å². The van der Waals surface area contributed by atoms with Crippen LogP contribution in [0.1, 0.15) is 49.3 Å². The fourth-order valence-electron chi connectivity index (χ4n) is 5.16. The Labute approximate surface area is 220 Å². The van der Waals surface area contributed by atoms with Gasteiger partial charge in [-0.15, -0.1) is 5.10 Å². The van der Waals surface area contributed by atoms with Crippen molar-refractivity contribution in [2.24, 2.45) is 0 Å². The van der Waals surface area contributed by atoms with Crippen LogP contribution in [-0.4, -0.2) is 61.2 Å². The highest BCUT2D eigenvalue weighted by atomic mass is 16.6. The normalized spacial score (nSPS) is 15.7. The lowest BCUT2D eigenvalue weighted by molar-refractivity contribution is -0.384. The number of aryl methyl sites for hydroxylation is 2. The summed E-state index contributed by atoms with van der Waals surface area (Å²) in [7, 11) is 0. The number of nitro benzene ring substituents is 1. The van der Waals surface area contributed by atoms with Gasteiger partial charge in [0.2, 0.25) is 0 Å². The minimum absolute atomic E-state index is 0.0718. The van der Waals surface area contributed by atoms with Crippen molar-refractivity contribution in [3.63, 3.8) is 0 Å². The van der Waals surface area contributed by atoms with Gasteiger partial charge in [0.05, 0.1) is 16.0 Å². The Morgan fingerprint density at radius 3 is 2.29 bits per heavy atom. The molecule has 1 fully saturated rings. The quantitative estimate of drug-likeness (QED) is 0.314. The number of non-ortho nitro benzene ring substituents is 1. The van der Waals surface area contributed by atoms with E-state index in [1.54, 1.807) is 16.8 Å². The first-order valence-electron chi connectivity index (χ1n) is 12.7. The number of H-pyrrole nitrogens is 1. The molecule has 1 N–H and O–H groups in total. The fraction of sp³-hybridized carbons (Fsp3) is 0.407. The third kappa shape index (κ3) is 4.65. The van der Waals surface area contributed by atoms with Gasteiger partial charge in [-0.25, -0.2) is 4.68 Å². The van der Waals surface area contributed by atoms with E-state index in [9.17, 15) is 14.9 Å². The molecule has 11 heteroatoms. The fourth-order valence-corrected chi connectivity index (χ4v) is 5.16. The van der Waals surface area contributed by atoms with Gasteiger partial charge in [0.15, 0.2) is 5.82 Å². The van der Waals surface area contributed by atoms with Gasteiger partial charge in [0.25, 0.3) is 11.2 Å². The molecule has 3 heterocycles. The van der Waals surface area contributed by atoms with Crippen molar-refractivity contribution in [3.05, 3.63) is 85.4 Å². The highest BCUT2D eigenvalue weighted by Gasteiger charge is 2.35. The maximum atomic E-state index is 13.6. The lowest BCUT2D eigenvalue weighted by Gasteiger charge is -2.40. The number of fused-ring (bicyclic) bond motifs is 1. The van der Waals surface area contributed by atoms with Crippen LogP contribution >= 0.6 is 0 Å². The molecule has 1 aliphatic rings. The zero-order valence-electron chi connectivity index (χ0n) is 22.3. The van der Waals surface area contributed by atoms with E-state index >= 15 is 0 Å². The number of tetrazole rings is 1. The van der Waals surface area contributed by atoms with Gasteiger partial charge in [-0.05, 0) is 74.4 Å². The molecular weight excluding hydrogens is 484 g/mol. The van der Waals surface area contributed by atoms with Crippen LogP contribution in [0.15, 0.2) is 47.3 Å². The number of piperazine rings is 1. The molecular formula is C27H32N8O3. The monoisotopic (exact) mass is 516 g/mol. The number of benzene rings is 2. The highest BCUT2D eigenvalue weighted by molar-refractivity contribution is 5.85. The summed E-state index contributed by atoms with van der Waals surface area (Å²) < 4.78 is 1.80. The first-order valence-corrected chi connectivity index (χ1v) is 12.7. The number of aromatic amines is 1. The van der Waals surface area contributed by atoms with Crippen LogP contribution in [-0.2, 0) is 5.54 Å². The van der Waals surface area contributed by atoms with Crippen molar-refractivity contribution in [1.82, 2.24) is 30.1 Å². The Balaban J connectivity index is 1.54. The summed E-state index contributed by atoms with van der Waals surface area (Å²) in [5, 5.41) is 24.8. The summed E-state index contributed by atoms with van der Waals surface area (Å²) in [4.78, 5) is 31.8. The number of nitrogens with one attached hydrogen (secondary N) is 1. The van der Waals surface area contributed by atoms with Crippen molar-refractivity contribution >= 4 is 22.3 Å². The second-order valence-corrected chi connectivity index (χ2v) is 10.9. The van der Waals surface area contributed by atoms with E-state index in [0.29, 0.717) is 37.6 Å². The van der Waals surface area contributed by atoms with Crippen LogP contribution in [0.2, 0.25) is 0 Å². The Morgan fingerprint density at radius 2 is 1.66 bits per heavy atom. The molecule has 1 aliphatic heterocycles. The molecule has 1 saturated heterocycles. The summed E-state index contributed by atoms with van der Waals surface area (Å²) in [6.07, 6.45) is 0. The van der Waals surface area contributed by atoms with Crippen molar-refractivity contribution in [3.8, 4) is 0 Å². The Kier molecular flexibility index (Phi) is 6.47. The average Bonchev–Trinajstić information content (AvgIpc) is 3.38. The van der Waals surface area contributed by atoms with Gasteiger partial charge in [0.1, 0.15) is 6.04 Å². The van der Waals surface area contributed by atoms with Crippen molar-refractivity contribution in [2.75, 3.05) is 31.1 Å². The Hall–Kier alpha value is -4.12. The van der Waals surface area contributed by atoms with Crippen molar-refractivity contribution < 1.29 is 4.92 Å². The smallest absolute Gasteiger partial charge is 0.269 e. The average molecular weight is 517 g/mol. The molecule has 4 aromatic rings. The summed E-state index contributed by atoms with van der Waals surface area (Å²) in [5.41, 5.74) is 4.02. The zero-order valence-corrected chi connectivity index (χ0v) is 22.3. The maximum Gasteiger partial charge on any atom is 0.269 e. The van der Waals surface area contributed by atoms with E-state index in [1.807, 2.05) is 46.8 Å². The Morgan fingerprint density at radius 1 is 1.00 bits per heavy atom. The predicted molar refractivity (Wildman–Crippen MR) is 146 cm³/mol. The third-order valence-electron chi connectivity index (χ3n) is 7.25. The molecule has 0 bridgehead atoms. The van der Waals surface area contributed by atoms with E-state index in [-0.39, 0.29) is 16.8 Å². The van der Waals surface area contributed by atoms with Crippen LogP contribution in [0.5, 0.6) is 0 Å². The summed E-state index contributed by atoms with van der Waals surface area (Å²) >= 11 is 0. The van der Waals surface area contributed by atoms with Crippen molar-refractivity contribution in [2.45, 2.75) is 46.2 Å². The molecule has 0 spiro atoms. The zero-order chi connectivity index (χ0) is 27.2. The van der Waals surface area contributed by atoms with E-state index in [2.05, 4.69) is 36.4 Å². The molecule has 5 rings (SSSR count). The molecule has 1 unspecified atom stereocenters. The third-order valence-corrected chi connectivity index (χ3v) is 7.25. The van der Waals surface area contributed by atoms with Gasteiger partial charge in [-0.3, -0.25) is 19.8 Å². The standard InChI is InChI=1S/C27H32N8O3/c1-17-6-7-18(2)23-21(17)16-22(26(36)28-23)24(25-29-30-31-34(25)27(3,4)5)33-14-12-32(13-15-33)19-8-10-20(11-9-19)35(37)38/h6-11,16,24H,12-15H2,1-5H3,(H,28,36). The van der Waals surface area contributed by atoms with Gasteiger partial charge in [0, 0.05) is 54.9 Å². The summed E-state index contributed by atoms with van der Waals surface area (Å²) in [6.45, 7) is 12.8. The minimum atomic E-state index is -0.448. The molecule has 11 nitrogen and oxygen atoms in total. The number of hydrogen-bond acceptors (Lipinski definition) is 8. The second-order valence-electron chi connectivity index (χ2n) is 10.9. The molecule has 38 heavy (non-hydrogen) atoms. The van der Waals surface area contributed by atoms with E-state index < -0.39 is 11.0 Å². The van der Waals surface area contributed by atoms with Crippen LogP contribution in [0.25, 0.3) is 10.9 Å². The van der Waals surface area contributed by atoms with E-state index in [0.717, 1.165) is 27.7 Å². The molecule has 0 aliphatic carbocycles. The van der Waals surface area contributed by atoms with Crippen LogP contribution in [0, 0.1) is 24.0 Å². The summed E-state index contributed by atoms with van der Waals surface area (Å²) in [6, 6.07) is 12.2. The van der Waals surface area contributed by atoms with Crippen LogP contribution in [0.3, 0.4) is 0 Å².